The van der Waals surface area contributed by atoms with Gasteiger partial charge in [-0.2, -0.15) is 0 Å². The Morgan fingerprint density at radius 1 is 0.929 bits per heavy atom. The fraction of sp³-hybridized carbons (Fsp3) is 1.00. The number of ether oxygens (including phenoxy) is 1. The lowest BCUT2D eigenvalue weighted by Gasteiger charge is -2.28. The van der Waals surface area contributed by atoms with Gasteiger partial charge in [0.25, 0.3) is 0 Å². The van der Waals surface area contributed by atoms with Crippen molar-refractivity contribution in [2.24, 2.45) is 0 Å². The molecule has 0 N–H and O–H groups in total. The molecule has 5 heteroatoms. The van der Waals surface area contributed by atoms with E-state index in [2.05, 4.69) is 26.2 Å². The highest BCUT2D eigenvalue weighted by atomic mass is 28.4. The van der Waals surface area contributed by atoms with Crippen LogP contribution in [0.25, 0.3) is 0 Å². The second kappa shape index (κ2) is 6.02. The zero-order chi connectivity index (χ0) is 11.2. The number of hydrogen-bond acceptors (Lipinski definition) is 3. The van der Waals surface area contributed by atoms with Crippen molar-refractivity contribution < 1.29 is 13.6 Å². The van der Waals surface area contributed by atoms with E-state index in [0.29, 0.717) is 0 Å². The Kier molecular flexibility index (Phi) is 6.15. The first-order valence-electron chi connectivity index (χ1n) is 5.01. The lowest BCUT2D eigenvalue weighted by Crippen LogP contribution is -2.42. The van der Waals surface area contributed by atoms with Crippen LogP contribution in [0.15, 0.2) is 0 Å². The van der Waals surface area contributed by atoms with Gasteiger partial charge in [0.05, 0.1) is 6.23 Å². The van der Waals surface area contributed by atoms with Gasteiger partial charge >= 0.3 is 0 Å². The Morgan fingerprint density at radius 2 is 1.50 bits per heavy atom. The molecular formula is C9H24O3Si2. The van der Waals surface area contributed by atoms with Gasteiger partial charge in [0.15, 0.2) is 8.32 Å². The van der Waals surface area contributed by atoms with Crippen LogP contribution in [-0.2, 0) is 13.6 Å². The van der Waals surface area contributed by atoms with Gasteiger partial charge in [0.2, 0.25) is 8.32 Å². The lowest BCUT2D eigenvalue weighted by atomic mass is 10.9. The fourth-order valence-electron chi connectivity index (χ4n) is 0.848. The quantitative estimate of drug-likeness (QED) is 0.635. The smallest absolute Gasteiger partial charge is 0.210 e. The molecule has 0 amide bonds. The molecule has 0 aliphatic carbocycles. The summed E-state index contributed by atoms with van der Waals surface area (Å²) in [6.45, 7) is 9.61. The number of rotatable bonds is 7. The second-order valence-electron chi connectivity index (χ2n) is 4.75. The van der Waals surface area contributed by atoms with Crippen LogP contribution in [0.3, 0.4) is 0 Å². The highest BCUT2D eigenvalue weighted by Gasteiger charge is 2.28. The molecule has 0 fully saturated rings. The van der Waals surface area contributed by atoms with E-state index in [0.717, 1.165) is 18.9 Å². The predicted octanol–water partition coefficient (Wildman–Crippen LogP) is 2.25. The van der Waals surface area contributed by atoms with E-state index in [4.69, 9.17) is 13.6 Å². The van der Waals surface area contributed by atoms with E-state index in [1.54, 1.807) is 14.2 Å². The van der Waals surface area contributed by atoms with Gasteiger partial charge < -0.3 is 13.6 Å². The molecule has 0 saturated carbocycles. The third-order valence-corrected chi connectivity index (χ3v) is 6.84. The highest BCUT2D eigenvalue weighted by Crippen LogP contribution is 2.14. The van der Waals surface area contributed by atoms with Crippen LogP contribution in [-0.4, -0.2) is 43.7 Å². The van der Waals surface area contributed by atoms with Gasteiger partial charge in [-0.25, -0.2) is 0 Å². The summed E-state index contributed by atoms with van der Waals surface area (Å²) in [6.07, 6.45) is 0.798. The Labute approximate surface area is 90.0 Å². The monoisotopic (exact) mass is 236 g/mol. The molecule has 0 aliphatic rings. The van der Waals surface area contributed by atoms with Crippen molar-refractivity contribution in [3.8, 4) is 0 Å². The lowest BCUT2D eigenvalue weighted by molar-refractivity contribution is 0.207. The van der Waals surface area contributed by atoms with Crippen LogP contribution >= 0.6 is 0 Å². The molecule has 0 aromatic heterocycles. The average Bonchev–Trinajstić information content (AvgIpc) is 2.12. The average molecular weight is 236 g/mol. The SMILES string of the molecule is COCC[Si](C)(C)OC[Si](C)(C)OC. The molecule has 14 heavy (non-hydrogen) atoms. The maximum Gasteiger partial charge on any atom is 0.210 e. The minimum Gasteiger partial charge on any atom is -0.418 e. The van der Waals surface area contributed by atoms with Crippen molar-refractivity contribution >= 4 is 16.6 Å². The zero-order valence-electron chi connectivity index (χ0n) is 10.3. The van der Waals surface area contributed by atoms with Crippen LogP contribution in [0.4, 0.5) is 0 Å². The largest absolute Gasteiger partial charge is 0.418 e. The molecule has 0 aromatic rings. The molecule has 0 aliphatic heterocycles. The molecule has 0 rings (SSSR count). The molecule has 0 atom stereocenters. The summed E-state index contributed by atoms with van der Waals surface area (Å²) in [4.78, 5) is 0. The van der Waals surface area contributed by atoms with Crippen LogP contribution in [0.5, 0.6) is 0 Å². The summed E-state index contributed by atoms with van der Waals surface area (Å²) >= 11 is 0. The van der Waals surface area contributed by atoms with Crippen molar-refractivity contribution in [2.75, 3.05) is 27.1 Å². The topological polar surface area (TPSA) is 27.7 Å². The molecule has 0 aromatic carbocycles. The van der Waals surface area contributed by atoms with Crippen molar-refractivity contribution in [1.82, 2.24) is 0 Å². The molecular weight excluding hydrogens is 212 g/mol. The van der Waals surface area contributed by atoms with Crippen LogP contribution < -0.4 is 0 Å². The van der Waals surface area contributed by atoms with Crippen molar-refractivity contribution in [1.29, 1.82) is 0 Å². The van der Waals surface area contributed by atoms with Crippen molar-refractivity contribution in [3.05, 3.63) is 0 Å². The number of hydrogen-bond donors (Lipinski definition) is 0. The molecule has 0 heterocycles. The molecule has 3 nitrogen and oxygen atoms in total. The molecule has 0 unspecified atom stereocenters. The summed E-state index contributed by atoms with van der Waals surface area (Å²) in [5.41, 5.74) is 0. The molecule has 0 saturated heterocycles. The minimum atomic E-state index is -1.55. The van der Waals surface area contributed by atoms with Crippen LogP contribution in [0.1, 0.15) is 0 Å². The summed E-state index contributed by atoms with van der Waals surface area (Å²) in [5, 5.41) is 0. The van der Waals surface area contributed by atoms with Gasteiger partial charge in [-0.1, -0.05) is 0 Å². The maximum atomic E-state index is 5.98. The summed E-state index contributed by atoms with van der Waals surface area (Å²) in [6, 6.07) is 1.05. The van der Waals surface area contributed by atoms with Gasteiger partial charge in [0.1, 0.15) is 0 Å². The molecule has 86 valence electrons. The normalized spacial score (nSPS) is 13.3. The third kappa shape index (κ3) is 6.72. The Morgan fingerprint density at radius 3 is 1.93 bits per heavy atom. The van der Waals surface area contributed by atoms with Gasteiger partial charge in [-0.05, 0) is 32.2 Å². The van der Waals surface area contributed by atoms with Gasteiger partial charge in [0, 0.05) is 20.8 Å². The van der Waals surface area contributed by atoms with Crippen LogP contribution in [0, 0.1) is 0 Å². The first-order valence-corrected chi connectivity index (χ1v) is 11.2. The predicted molar refractivity (Wildman–Crippen MR) is 64.6 cm³/mol. The van der Waals surface area contributed by atoms with E-state index in [-0.39, 0.29) is 0 Å². The maximum absolute atomic E-state index is 5.98. The first-order chi connectivity index (χ1) is 6.33. The van der Waals surface area contributed by atoms with E-state index >= 15 is 0 Å². The fourth-order valence-corrected chi connectivity index (χ4v) is 4.76. The van der Waals surface area contributed by atoms with E-state index in [1.807, 2.05) is 0 Å². The summed E-state index contributed by atoms with van der Waals surface area (Å²) in [7, 11) is 0.436. The molecule has 0 bridgehead atoms. The Hall–Kier alpha value is 0.314. The Balaban J connectivity index is 3.85. The third-order valence-electron chi connectivity index (χ3n) is 2.27. The molecule has 0 spiro atoms. The van der Waals surface area contributed by atoms with Gasteiger partial charge in [-0.3, -0.25) is 0 Å². The first kappa shape index (κ1) is 14.3. The number of methoxy groups -OCH3 is 1. The van der Waals surface area contributed by atoms with E-state index in [9.17, 15) is 0 Å². The van der Waals surface area contributed by atoms with Gasteiger partial charge in [-0.15, -0.1) is 0 Å². The van der Waals surface area contributed by atoms with Crippen molar-refractivity contribution in [3.63, 3.8) is 0 Å². The van der Waals surface area contributed by atoms with Crippen molar-refractivity contribution in [2.45, 2.75) is 32.2 Å². The van der Waals surface area contributed by atoms with E-state index in [1.165, 1.54) is 0 Å². The highest BCUT2D eigenvalue weighted by molar-refractivity contribution is 6.75. The summed E-state index contributed by atoms with van der Waals surface area (Å²) in [5.74, 6) is 0. The summed E-state index contributed by atoms with van der Waals surface area (Å²) < 4.78 is 16.5. The van der Waals surface area contributed by atoms with E-state index < -0.39 is 16.6 Å². The Bertz CT molecular complexity index is 160. The van der Waals surface area contributed by atoms with Crippen LogP contribution in [0.2, 0.25) is 32.2 Å². The zero-order valence-corrected chi connectivity index (χ0v) is 12.3. The second-order valence-corrected chi connectivity index (χ2v) is 13.3. The molecule has 0 radical (unpaired) electrons. The standard InChI is InChI=1S/C9H24O3Si2/c1-10-7-8-13(3,4)12-9-14(5,6)11-2/h7-9H2,1-6H3. The minimum absolute atomic E-state index is 0.798.